The Bertz CT molecular complexity index is 310. The molecule has 1 aliphatic rings. The second-order valence-electron chi connectivity index (χ2n) is 4.02. The second-order valence-corrected chi connectivity index (χ2v) is 4.46. The topological polar surface area (TPSA) is 29.5 Å². The Morgan fingerprint density at radius 2 is 2.07 bits per heavy atom. The molecule has 0 aliphatic carbocycles. The molecule has 2 nitrogen and oxygen atoms in total. The quantitative estimate of drug-likeness (QED) is 0.839. The predicted octanol–water partition coefficient (Wildman–Crippen LogP) is 2.28. The first-order valence-electron chi connectivity index (χ1n) is 5.26. The van der Waals surface area contributed by atoms with Crippen LogP contribution in [0.2, 0.25) is 5.02 Å². The molecule has 1 N–H and O–H groups in total. The minimum absolute atomic E-state index is 0.222. The second kappa shape index (κ2) is 4.97. The monoisotopic (exact) mass is 226 g/mol. The van der Waals surface area contributed by atoms with Crippen molar-refractivity contribution in [3.63, 3.8) is 0 Å². The van der Waals surface area contributed by atoms with Crippen molar-refractivity contribution in [3.05, 3.63) is 34.9 Å². The van der Waals surface area contributed by atoms with Crippen LogP contribution in [-0.4, -0.2) is 24.4 Å². The molecule has 0 aromatic heterocycles. The van der Waals surface area contributed by atoms with Gasteiger partial charge in [-0.1, -0.05) is 23.7 Å². The predicted molar refractivity (Wildman–Crippen MR) is 60.1 cm³/mol. The molecule has 1 saturated heterocycles. The Morgan fingerprint density at radius 3 is 2.73 bits per heavy atom. The Morgan fingerprint density at radius 1 is 1.33 bits per heavy atom. The summed E-state index contributed by atoms with van der Waals surface area (Å²) in [6, 6.07) is 7.77. The first-order valence-corrected chi connectivity index (χ1v) is 5.64. The van der Waals surface area contributed by atoms with Crippen molar-refractivity contribution < 1.29 is 9.84 Å². The van der Waals surface area contributed by atoms with Crippen LogP contribution in [0.15, 0.2) is 24.3 Å². The van der Waals surface area contributed by atoms with Crippen LogP contribution in [-0.2, 0) is 11.2 Å². The zero-order chi connectivity index (χ0) is 10.7. The number of hydrogen-bond acceptors (Lipinski definition) is 2. The number of aliphatic hydroxyl groups is 1. The van der Waals surface area contributed by atoms with Gasteiger partial charge in [-0.2, -0.15) is 0 Å². The maximum absolute atomic E-state index is 9.78. The summed E-state index contributed by atoms with van der Waals surface area (Å²) < 4.78 is 5.36. The van der Waals surface area contributed by atoms with Gasteiger partial charge >= 0.3 is 0 Å². The zero-order valence-electron chi connectivity index (χ0n) is 8.53. The standard InChI is InChI=1S/C12H15ClO2/c13-11-3-1-9(2-4-11)7-10-8-15-6-5-12(10)14/h1-4,10,12,14H,5-8H2/t10-,12-/m0/s1. The maximum atomic E-state index is 9.78. The van der Waals surface area contributed by atoms with Gasteiger partial charge in [0.05, 0.1) is 12.7 Å². The van der Waals surface area contributed by atoms with Gasteiger partial charge in [-0.15, -0.1) is 0 Å². The van der Waals surface area contributed by atoms with Gasteiger partial charge in [-0.05, 0) is 30.5 Å². The van der Waals surface area contributed by atoms with Gasteiger partial charge in [0.2, 0.25) is 0 Å². The van der Waals surface area contributed by atoms with Gasteiger partial charge in [-0.3, -0.25) is 0 Å². The van der Waals surface area contributed by atoms with Crippen LogP contribution in [0.5, 0.6) is 0 Å². The lowest BCUT2D eigenvalue weighted by Crippen LogP contribution is -2.33. The van der Waals surface area contributed by atoms with E-state index in [-0.39, 0.29) is 12.0 Å². The number of halogens is 1. The Hall–Kier alpha value is -0.570. The highest BCUT2D eigenvalue weighted by Gasteiger charge is 2.23. The molecule has 0 saturated carbocycles. The van der Waals surface area contributed by atoms with Crippen LogP contribution in [0.3, 0.4) is 0 Å². The number of rotatable bonds is 2. The number of hydrogen-bond donors (Lipinski definition) is 1. The summed E-state index contributed by atoms with van der Waals surface area (Å²) in [5.41, 5.74) is 1.20. The van der Waals surface area contributed by atoms with Gasteiger partial charge in [0.15, 0.2) is 0 Å². The van der Waals surface area contributed by atoms with Crippen molar-refractivity contribution in [2.24, 2.45) is 5.92 Å². The lowest BCUT2D eigenvalue weighted by atomic mass is 9.92. The molecule has 1 aromatic rings. The highest BCUT2D eigenvalue weighted by molar-refractivity contribution is 6.30. The van der Waals surface area contributed by atoms with Crippen LogP contribution in [0.25, 0.3) is 0 Å². The highest BCUT2D eigenvalue weighted by atomic mass is 35.5. The van der Waals surface area contributed by atoms with Gasteiger partial charge in [0.25, 0.3) is 0 Å². The minimum Gasteiger partial charge on any atom is -0.393 e. The van der Waals surface area contributed by atoms with Crippen molar-refractivity contribution in [2.45, 2.75) is 18.9 Å². The van der Waals surface area contributed by atoms with E-state index in [2.05, 4.69) is 0 Å². The van der Waals surface area contributed by atoms with Gasteiger partial charge in [-0.25, -0.2) is 0 Å². The summed E-state index contributed by atoms with van der Waals surface area (Å²) in [4.78, 5) is 0. The molecule has 1 aliphatic heterocycles. The summed E-state index contributed by atoms with van der Waals surface area (Å²) in [6.45, 7) is 1.34. The average molecular weight is 227 g/mol. The minimum atomic E-state index is -0.227. The molecule has 3 heteroatoms. The molecule has 1 fully saturated rings. The molecule has 0 unspecified atom stereocenters. The van der Waals surface area contributed by atoms with Crippen molar-refractivity contribution >= 4 is 11.6 Å². The Kier molecular flexibility index (Phi) is 3.62. The van der Waals surface area contributed by atoms with E-state index in [0.717, 1.165) is 17.9 Å². The third-order valence-corrected chi connectivity index (χ3v) is 3.10. The summed E-state index contributed by atoms with van der Waals surface area (Å²) >= 11 is 5.81. The molecule has 2 rings (SSSR count). The zero-order valence-corrected chi connectivity index (χ0v) is 9.28. The lowest BCUT2D eigenvalue weighted by Gasteiger charge is -2.27. The lowest BCUT2D eigenvalue weighted by molar-refractivity contribution is -0.0350. The fourth-order valence-electron chi connectivity index (χ4n) is 1.90. The fraction of sp³-hybridized carbons (Fsp3) is 0.500. The maximum Gasteiger partial charge on any atom is 0.0615 e. The van der Waals surface area contributed by atoms with E-state index in [4.69, 9.17) is 16.3 Å². The first kappa shape index (κ1) is 10.9. The van der Waals surface area contributed by atoms with E-state index in [1.165, 1.54) is 5.56 Å². The van der Waals surface area contributed by atoms with E-state index >= 15 is 0 Å². The van der Waals surface area contributed by atoms with E-state index < -0.39 is 0 Å². The smallest absolute Gasteiger partial charge is 0.0615 e. The largest absolute Gasteiger partial charge is 0.393 e. The first-order chi connectivity index (χ1) is 7.25. The highest BCUT2D eigenvalue weighted by Crippen LogP contribution is 2.20. The number of ether oxygens (including phenoxy) is 1. The van der Waals surface area contributed by atoms with Gasteiger partial charge in [0.1, 0.15) is 0 Å². The van der Waals surface area contributed by atoms with Crippen LogP contribution < -0.4 is 0 Å². The summed E-state index contributed by atoms with van der Waals surface area (Å²) in [5.74, 6) is 0.222. The van der Waals surface area contributed by atoms with Gasteiger partial charge in [0, 0.05) is 17.5 Å². The Labute approximate surface area is 94.8 Å². The molecular formula is C12H15ClO2. The molecular weight excluding hydrogens is 212 g/mol. The van der Waals surface area contributed by atoms with E-state index in [0.29, 0.717) is 13.2 Å². The van der Waals surface area contributed by atoms with Crippen molar-refractivity contribution in [1.29, 1.82) is 0 Å². The van der Waals surface area contributed by atoms with Crippen molar-refractivity contribution in [1.82, 2.24) is 0 Å². The molecule has 2 atom stereocenters. The van der Waals surface area contributed by atoms with E-state index in [9.17, 15) is 5.11 Å². The molecule has 1 aromatic carbocycles. The van der Waals surface area contributed by atoms with Crippen molar-refractivity contribution in [2.75, 3.05) is 13.2 Å². The summed E-state index contributed by atoms with van der Waals surface area (Å²) in [6.07, 6.45) is 1.38. The SMILES string of the molecule is O[C@H]1CCOC[C@@H]1Cc1ccc(Cl)cc1. The summed E-state index contributed by atoms with van der Waals surface area (Å²) in [5, 5.41) is 10.5. The average Bonchev–Trinajstić information content (AvgIpc) is 2.25. The van der Waals surface area contributed by atoms with Gasteiger partial charge < -0.3 is 9.84 Å². The normalized spacial score (nSPS) is 26.5. The molecule has 0 bridgehead atoms. The molecule has 82 valence electrons. The molecule has 1 heterocycles. The van der Waals surface area contributed by atoms with Crippen LogP contribution in [0, 0.1) is 5.92 Å². The van der Waals surface area contributed by atoms with E-state index in [1.807, 2.05) is 24.3 Å². The molecule has 0 amide bonds. The molecule has 15 heavy (non-hydrogen) atoms. The Balaban J connectivity index is 1.98. The fourth-order valence-corrected chi connectivity index (χ4v) is 2.03. The van der Waals surface area contributed by atoms with Crippen molar-refractivity contribution in [3.8, 4) is 0 Å². The van der Waals surface area contributed by atoms with E-state index in [1.54, 1.807) is 0 Å². The van der Waals surface area contributed by atoms with Crippen LogP contribution in [0.4, 0.5) is 0 Å². The third-order valence-electron chi connectivity index (χ3n) is 2.85. The number of aliphatic hydroxyl groups excluding tert-OH is 1. The molecule has 0 radical (unpaired) electrons. The number of benzene rings is 1. The van der Waals surface area contributed by atoms with Crippen LogP contribution >= 0.6 is 11.6 Å². The third kappa shape index (κ3) is 2.94. The molecule has 0 spiro atoms. The summed E-state index contributed by atoms with van der Waals surface area (Å²) in [7, 11) is 0. The van der Waals surface area contributed by atoms with Crippen LogP contribution in [0.1, 0.15) is 12.0 Å².